The number of morpholine rings is 1. The lowest BCUT2D eigenvalue weighted by Crippen LogP contribution is -2.46. The van der Waals surface area contributed by atoms with Crippen molar-refractivity contribution >= 4 is 41.5 Å². The highest BCUT2D eigenvalue weighted by Gasteiger charge is 2.23. The van der Waals surface area contributed by atoms with Gasteiger partial charge in [-0.05, 0) is 24.1 Å². The van der Waals surface area contributed by atoms with Crippen molar-refractivity contribution in [2.24, 2.45) is 4.99 Å². The molecule has 1 aliphatic heterocycles. The van der Waals surface area contributed by atoms with Gasteiger partial charge >= 0.3 is 0 Å². The van der Waals surface area contributed by atoms with Gasteiger partial charge in [-0.1, -0.05) is 42.7 Å². The second-order valence-corrected chi connectivity index (χ2v) is 7.70. The Morgan fingerprint density at radius 1 is 1.23 bits per heavy atom. The van der Waals surface area contributed by atoms with Gasteiger partial charge in [0.05, 0.1) is 24.9 Å². The Morgan fingerprint density at radius 3 is 2.65 bits per heavy atom. The summed E-state index contributed by atoms with van der Waals surface area (Å²) in [4.78, 5) is 6.83. The van der Waals surface area contributed by atoms with E-state index in [4.69, 9.17) is 20.9 Å². The van der Waals surface area contributed by atoms with Crippen molar-refractivity contribution in [3.63, 3.8) is 0 Å². The van der Waals surface area contributed by atoms with Crippen LogP contribution in [0.5, 0.6) is 0 Å². The summed E-state index contributed by atoms with van der Waals surface area (Å²) in [5.74, 6) is 1.68. The Kier molecular flexibility index (Phi) is 11.1. The van der Waals surface area contributed by atoms with Crippen LogP contribution in [0.15, 0.2) is 33.8 Å². The molecule has 7 nitrogen and oxygen atoms in total. The molecule has 1 fully saturated rings. The summed E-state index contributed by atoms with van der Waals surface area (Å²) in [6.45, 7) is 8.80. The lowest BCUT2D eigenvalue weighted by Gasteiger charge is -2.35. The molecule has 172 valence electrons. The van der Waals surface area contributed by atoms with Crippen molar-refractivity contribution in [2.45, 2.75) is 39.3 Å². The van der Waals surface area contributed by atoms with E-state index in [-0.39, 0.29) is 30.0 Å². The number of nitrogens with one attached hydrogen (secondary N) is 2. The SMILES string of the molecule is CCc1noc(CC)c1CNC(=NC)NCC(c1cccc(Cl)c1)N1CCOCC1.I. The Bertz CT molecular complexity index is 818. The smallest absolute Gasteiger partial charge is 0.191 e. The number of aliphatic imine (C=N–C) groups is 1. The molecule has 9 heteroatoms. The lowest BCUT2D eigenvalue weighted by molar-refractivity contribution is 0.0170. The Hall–Kier alpha value is -1.36. The molecular formula is C22H33ClIN5O2. The van der Waals surface area contributed by atoms with Crippen LogP contribution in [-0.4, -0.2) is 55.9 Å². The van der Waals surface area contributed by atoms with E-state index in [9.17, 15) is 0 Å². The Balaban J connectivity index is 0.00000341. The summed E-state index contributed by atoms with van der Waals surface area (Å²) in [5.41, 5.74) is 3.32. The molecule has 0 radical (unpaired) electrons. The predicted octanol–water partition coefficient (Wildman–Crippen LogP) is 3.81. The molecule has 0 spiro atoms. The third kappa shape index (κ3) is 7.06. The molecule has 1 aliphatic rings. The maximum atomic E-state index is 6.27. The number of aryl methyl sites for hydroxylation is 2. The highest BCUT2D eigenvalue weighted by molar-refractivity contribution is 14.0. The molecule has 0 amide bonds. The summed E-state index contributed by atoms with van der Waals surface area (Å²) in [6, 6.07) is 8.26. The van der Waals surface area contributed by atoms with Crippen LogP contribution in [0, 0.1) is 0 Å². The van der Waals surface area contributed by atoms with Gasteiger partial charge in [-0.15, -0.1) is 24.0 Å². The van der Waals surface area contributed by atoms with Crippen molar-refractivity contribution in [3.8, 4) is 0 Å². The zero-order valence-corrected chi connectivity index (χ0v) is 21.6. The van der Waals surface area contributed by atoms with Gasteiger partial charge in [-0.25, -0.2) is 0 Å². The van der Waals surface area contributed by atoms with Gasteiger partial charge in [-0.2, -0.15) is 0 Å². The number of aromatic nitrogens is 1. The van der Waals surface area contributed by atoms with E-state index >= 15 is 0 Å². The molecule has 3 rings (SSSR count). The molecule has 0 saturated carbocycles. The van der Waals surface area contributed by atoms with Crippen LogP contribution in [0.1, 0.15) is 42.5 Å². The molecule has 2 N–H and O–H groups in total. The highest BCUT2D eigenvalue weighted by atomic mass is 127. The molecule has 1 aromatic heterocycles. The fourth-order valence-corrected chi connectivity index (χ4v) is 3.98. The average Bonchev–Trinajstić information content (AvgIpc) is 3.18. The first-order valence-electron chi connectivity index (χ1n) is 10.6. The van der Waals surface area contributed by atoms with Gasteiger partial charge in [0.2, 0.25) is 0 Å². The average molecular weight is 562 g/mol. The number of hydrogen-bond acceptors (Lipinski definition) is 5. The Morgan fingerprint density at radius 2 is 2.00 bits per heavy atom. The monoisotopic (exact) mass is 561 g/mol. The predicted molar refractivity (Wildman–Crippen MR) is 135 cm³/mol. The van der Waals surface area contributed by atoms with E-state index in [1.807, 2.05) is 18.2 Å². The molecule has 31 heavy (non-hydrogen) atoms. The normalized spacial score (nSPS) is 15.9. The van der Waals surface area contributed by atoms with Gasteiger partial charge in [0, 0.05) is 50.2 Å². The van der Waals surface area contributed by atoms with Crippen molar-refractivity contribution in [3.05, 3.63) is 51.9 Å². The summed E-state index contributed by atoms with van der Waals surface area (Å²) >= 11 is 6.27. The molecule has 2 aromatic rings. The number of nitrogens with zero attached hydrogens (tertiary/aromatic N) is 3. The van der Waals surface area contributed by atoms with Crippen LogP contribution >= 0.6 is 35.6 Å². The van der Waals surface area contributed by atoms with Crippen molar-refractivity contribution in [2.75, 3.05) is 39.9 Å². The minimum absolute atomic E-state index is 0. The third-order valence-electron chi connectivity index (χ3n) is 5.45. The Labute approximate surface area is 207 Å². The maximum absolute atomic E-state index is 6.27. The van der Waals surface area contributed by atoms with Crippen LogP contribution in [0.3, 0.4) is 0 Å². The summed E-state index contributed by atoms with van der Waals surface area (Å²) in [7, 11) is 1.79. The number of halogens is 2. The fraction of sp³-hybridized carbons (Fsp3) is 0.545. The van der Waals surface area contributed by atoms with E-state index in [0.717, 1.165) is 67.1 Å². The van der Waals surface area contributed by atoms with E-state index in [2.05, 4.69) is 45.6 Å². The molecular weight excluding hydrogens is 529 g/mol. The van der Waals surface area contributed by atoms with Crippen LogP contribution in [0.25, 0.3) is 0 Å². The van der Waals surface area contributed by atoms with Crippen LogP contribution in [-0.2, 0) is 24.1 Å². The summed E-state index contributed by atoms with van der Waals surface area (Å²) in [5, 5.41) is 11.8. The largest absolute Gasteiger partial charge is 0.379 e. The minimum Gasteiger partial charge on any atom is -0.379 e. The zero-order chi connectivity index (χ0) is 21.3. The van der Waals surface area contributed by atoms with Gasteiger partial charge in [0.25, 0.3) is 0 Å². The standard InChI is InChI=1S/C22H32ClN5O2.HI/c1-4-19-18(21(5-2)30-27-19)14-25-22(24-3)26-15-20(28-9-11-29-12-10-28)16-7-6-8-17(23)13-16;/h6-8,13,20H,4-5,9-12,14-15H2,1-3H3,(H2,24,25,26);1H. The highest BCUT2D eigenvalue weighted by Crippen LogP contribution is 2.24. The fourth-order valence-electron chi connectivity index (χ4n) is 3.78. The third-order valence-corrected chi connectivity index (χ3v) is 5.68. The van der Waals surface area contributed by atoms with Crippen molar-refractivity contribution < 1.29 is 9.26 Å². The summed E-state index contributed by atoms with van der Waals surface area (Å²) < 4.78 is 11.0. The van der Waals surface area contributed by atoms with E-state index < -0.39 is 0 Å². The molecule has 2 heterocycles. The maximum Gasteiger partial charge on any atom is 0.191 e. The number of hydrogen-bond donors (Lipinski definition) is 2. The van der Waals surface area contributed by atoms with Gasteiger partial charge in [0.1, 0.15) is 5.76 Å². The number of benzene rings is 1. The van der Waals surface area contributed by atoms with E-state index in [0.29, 0.717) is 13.1 Å². The van der Waals surface area contributed by atoms with Crippen molar-refractivity contribution in [1.29, 1.82) is 0 Å². The van der Waals surface area contributed by atoms with Crippen molar-refractivity contribution in [1.82, 2.24) is 20.7 Å². The molecule has 1 saturated heterocycles. The number of ether oxygens (including phenoxy) is 1. The molecule has 1 atom stereocenters. The second kappa shape index (κ2) is 13.2. The first kappa shape index (κ1) is 25.9. The van der Waals surface area contributed by atoms with Crippen LogP contribution in [0.4, 0.5) is 0 Å². The quantitative estimate of drug-likeness (QED) is 0.290. The van der Waals surface area contributed by atoms with Crippen LogP contribution in [0.2, 0.25) is 5.02 Å². The molecule has 1 unspecified atom stereocenters. The van der Waals surface area contributed by atoms with Crippen LogP contribution < -0.4 is 10.6 Å². The first-order chi connectivity index (χ1) is 14.7. The van der Waals surface area contributed by atoms with Gasteiger partial charge in [-0.3, -0.25) is 9.89 Å². The number of guanidine groups is 1. The summed E-state index contributed by atoms with van der Waals surface area (Å²) in [6.07, 6.45) is 1.67. The second-order valence-electron chi connectivity index (χ2n) is 7.26. The lowest BCUT2D eigenvalue weighted by atomic mass is 10.0. The number of rotatable bonds is 8. The molecule has 0 bridgehead atoms. The van der Waals surface area contributed by atoms with Gasteiger partial charge < -0.3 is 19.9 Å². The van der Waals surface area contributed by atoms with E-state index in [1.54, 1.807) is 7.05 Å². The van der Waals surface area contributed by atoms with E-state index in [1.165, 1.54) is 5.56 Å². The minimum atomic E-state index is 0. The molecule has 1 aromatic carbocycles. The van der Waals surface area contributed by atoms with Gasteiger partial charge in [0.15, 0.2) is 5.96 Å². The first-order valence-corrected chi connectivity index (χ1v) is 11.0. The zero-order valence-electron chi connectivity index (χ0n) is 18.5. The topological polar surface area (TPSA) is 74.9 Å². The molecule has 0 aliphatic carbocycles.